The number of alkyl halides is 3. The minimum Gasteiger partial charge on any atom is -0.244 e. The van der Waals surface area contributed by atoms with Crippen LogP contribution in [0.25, 0.3) is 11.3 Å². The first-order valence-corrected chi connectivity index (χ1v) is 5.51. The first-order chi connectivity index (χ1) is 7.48. The lowest BCUT2D eigenvalue weighted by molar-refractivity contribution is -0.134. The van der Waals surface area contributed by atoms with Crippen LogP contribution in [0.5, 0.6) is 0 Å². The highest BCUT2D eigenvalue weighted by molar-refractivity contribution is 7.10. The minimum atomic E-state index is -4.36. The Kier molecular flexibility index (Phi) is 2.90. The fraction of sp³-hybridized carbons (Fsp3) is 0.100. The summed E-state index contributed by atoms with van der Waals surface area (Å²) in [6, 6.07) is 6.12. The summed E-state index contributed by atoms with van der Waals surface area (Å²) in [5, 5.41) is 0.479. The van der Waals surface area contributed by atoms with Gasteiger partial charge in [0.25, 0.3) is 0 Å². The zero-order valence-corrected chi connectivity index (χ0v) is 9.33. The molecule has 0 saturated carbocycles. The maximum absolute atomic E-state index is 12.6. The van der Waals surface area contributed by atoms with Crippen molar-refractivity contribution in [3.63, 3.8) is 0 Å². The summed E-state index contributed by atoms with van der Waals surface area (Å²) in [6.07, 6.45) is -4.36. The van der Waals surface area contributed by atoms with Crippen LogP contribution in [0.3, 0.4) is 0 Å². The second-order valence-corrected chi connectivity index (χ2v) is 4.33. The Labute approximate surface area is 98.5 Å². The van der Waals surface area contributed by atoms with Gasteiger partial charge in [0.15, 0.2) is 0 Å². The fourth-order valence-corrected chi connectivity index (χ4v) is 2.07. The lowest BCUT2D eigenvalue weighted by Gasteiger charge is -2.06. The van der Waals surface area contributed by atoms with E-state index in [2.05, 4.69) is 4.98 Å². The van der Waals surface area contributed by atoms with Crippen LogP contribution in [0.2, 0.25) is 5.02 Å². The molecule has 1 nitrogen and oxygen atoms in total. The maximum atomic E-state index is 12.6. The SMILES string of the molecule is FC(F)(F)c1scnc1-c1ccc(Cl)cc1. The molecule has 0 aliphatic rings. The first kappa shape index (κ1) is 11.4. The lowest BCUT2D eigenvalue weighted by Crippen LogP contribution is -2.03. The Hall–Kier alpha value is -1.07. The molecule has 2 rings (SSSR count). The molecule has 6 heteroatoms. The van der Waals surface area contributed by atoms with Crippen LogP contribution in [0.4, 0.5) is 13.2 Å². The van der Waals surface area contributed by atoms with E-state index in [0.29, 0.717) is 21.9 Å². The standard InChI is InChI=1S/C10H5ClF3NS/c11-7-3-1-6(2-4-7)8-9(10(12,13)14)16-5-15-8/h1-5H. The smallest absolute Gasteiger partial charge is 0.244 e. The second-order valence-electron chi connectivity index (χ2n) is 3.03. The molecular formula is C10H5ClF3NS. The average molecular weight is 264 g/mol. The van der Waals surface area contributed by atoms with Crippen LogP contribution in [-0.4, -0.2) is 4.98 Å². The van der Waals surface area contributed by atoms with E-state index in [1.165, 1.54) is 29.8 Å². The number of halogens is 4. The molecular weight excluding hydrogens is 259 g/mol. The van der Waals surface area contributed by atoms with E-state index in [1.807, 2.05) is 0 Å². The number of hydrogen-bond donors (Lipinski definition) is 0. The van der Waals surface area contributed by atoms with Crippen molar-refractivity contribution in [3.05, 3.63) is 39.7 Å². The monoisotopic (exact) mass is 263 g/mol. The van der Waals surface area contributed by atoms with Crippen molar-refractivity contribution in [2.75, 3.05) is 0 Å². The number of aromatic nitrogens is 1. The molecule has 2 aromatic rings. The summed E-state index contributed by atoms with van der Waals surface area (Å²) in [7, 11) is 0. The number of hydrogen-bond acceptors (Lipinski definition) is 2. The van der Waals surface area contributed by atoms with Crippen LogP contribution in [0.15, 0.2) is 29.8 Å². The Bertz CT molecular complexity index is 490. The molecule has 84 valence electrons. The Morgan fingerprint density at radius 1 is 1.12 bits per heavy atom. The van der Waals surface area contributed by atoms with E-state index >= 15 is 0 Å². The Morgan fingerprint density at radius 2 is 1.75 bits per heavy atom. The summed E-state index contributed by atoms with van der Waals surface area (Å²) < 4.78 is 37.8. The molecule has 0 amide bonds. The predicted molar refractivity (Wildman–Crippen MR) is 57.6 cm³/mol. The fourth-order valence-electron chi connectivity index (χ4n) is 1.26. The molecule has 0 aliphatic heterocycles. The van der Waals surface area contributed by atoms with Gasteiger partial charge in [-0.2, -0.15) is 13.2 Å². The maximum Gasteiger partial charge on any atom is 0.427 e. The van der Waals surface area contributed by atoms with E-state index < -0.39 is 11.1 Å². The van der Waals surface area contributed by atoms with Gasteiger partial charge in [-0.15, -0.1) is 11.3 Å². The van der Waals surface area contributed by atoms with Crippen LogP contribution < -0.4 is 0 Å². The van der Waals surface area contributed by atoms with Crippen molar-refractivity contribution >= 4 is 22.9 Å². The number of thiazole rings is 1. The largest absolute Gasteiger partial charge is 0.427 e. The molecule has 16 heavy (non-hydrogen) atoms. The molecule has 1 heterocycles. The highest BCUT2D eigenvalue weighted by Crippen LogP contribution is 2.39. The van der Waals surface area contributed by atoms with Crippen molar-refractivity contribution in [1.82, 2.24) is 4.98 Å². The molecule has 0 N–H and O–H groups in total. The highest BCUT2D eigenvalue weighted by Gasteiger charge is 2.36. The highest BCUT2D eigenvalue weighted by atomic mass is 35.5. The molecule has 0 bridgehead atoms. The summed E-state index contributed by atoms with van der Waals surface area (Å²) in [6.45, 7) is 0. The second kappa shape index (κ2) is 4.07. The van der Waals surface area contributed by atoms with Crippen molar-refractivity contribution in [1.29, 1.82) is 0 Å². The molecule has 0 unspecified atom stereocenters. The van der Waals surface area contributed by atoms with E-state index in [1.54, 1.807) is 0 Å². The molecule has 0 saturated heterocycles. The van der Waals surface area contributed by atoms with Gasteiger partial charge in [-0.3, -0.25) is 0 Å². The number of rotatable bonds is 1. The quantitative estimate of drug-likeness (QED) is 0.739. The molecule has 0 atom stereocenters. The molecule has 0 fully saturated rings. The van der Waals surface area contributed by atoms with Gasteiger partial charge in [0.05, 0.1) is 11.2 Å². The van der Waals surface area contributed by atoms with Gasteiger partial charge < -0.3 is 0 Å². The third-order valence-electron chi connectivity index (χ3n) is 1.94. The van der Waals surface area contributed by atoms with Crippen LogP contribution in [0.1, 0.15) is 4.88 Å². The summed E-state index contributed by atoms with van der Waals surface area (Å²) in [5.74, 6) is 0. The third-order valence-corrected chi connectivity index (χ3v) is 3.07. The van der Waals surface area contributed by atoms with Crippen molar-refractivity contribution < 1.29 is 13.2 Å². The van der Waals surface area contributed by atoms with Crippen LogP contribution in [0, 0.1) is 0 Å². The molecule has 0 spiro atoms. The molecule has 1 aromatic heterocycles. The zero-order chi connectivity index (χ0) is 11.8. The van der Waals surface area contributed by atoms with Gasteiger partial charge in [-0.05, 0) is 12.1 Å². The van der Waals surface area contributed by atoms with Crippen LogP contribution in [-0.2, 0) is 6.18 Å². The van der Waals surface area contributed by atoms with E-state index in [-0.39, 0.29) is 5.69 Å². The van der Waals surface area contributed by atoms with Crippen molar-refractivity contribution in [3.8, 4) is 11.3 Å². The summed E-state index contributed by atoms with van der Waals surface area (Å²) in [5.41, 5.74) is 1.55. The van der Waals surface area contributed by atoms with Gasteiger partial charge in [-0.1, -0.05) is 23.7 Å². The first-order valence-electron chi connectivity index (χ1n) is 4.25. The van der Waals surface area contributed by atoms with Gasteiger partial charge in [-0.25, -0.2) is 4.98 Å². The van der Waals surface area contributed by atoms with Crippen molar-refractivity contribution in [2.24, 2.45) is 0 Å². The van der Waals surface area contributed by atoms with Gasteiger partial charge >= 0.3 is 6.18 Å². The zero-order valence-electron chi connectivity index (χ0n) is 7.75. The summed E-state index contributed by atoms with van der Waals surface area (Å²) >= 11 is 6.25. The van der Waals surface area contributed by atoms with E-state index in [9.17, 15) is 13.2 Å². The molecule has 0 radical (unpaired) electrons. The van der Waals surface area contributed by atoms with Gasteiger partial charge in [0.1, 0.15) is 4.88 Å². The Morgan fingerprint density at radius 3 is 2.31 bits per heavy atom. The Balaban J connectivity index is 2.49. The van der Waals surface area contributed by atoms with Crippen LogP contribution >= 0.6 is 22.9 Å². The van der Waals surface area contributed by atoms with Gasteiger partial charge in [0, 0.05) is 10.6 Å². The lowest BCUT2D eigenvalue weighted by atomic mass is 10.1. The summed E-state index contributed by atoms with van der Waals surface area (Å²) in [4.78, 5) is 3.05. The normalized spacial score (nSPS) is 11.8. The van der Waals surface area contributed by atoms with Crippen molar-refractivity contribution in [2.45, 2.75) is 6.18 Å². The topological polar surface area (TPSA) is 12.9 Å². The number of nitrogens with zero attached hydrogens (tertiary/aromatic N) is 1. The molecule has 1 aromatic carbocycles. The average Bonchev–Trinajstić information content (AvgIpc) is 2.66. The van der Waals surface area contributed by atoms with E-state index in [4.69, 9.17) is 11.6 Å². The minimum absolute atomic E-state index is 0.0471. The number of benzene rings is 1. The van der Waals surface area contributed by atoms with E-state index in [0.717, 1.165) is 0 Å². The third kappa shape index (κ3) is 2.20. The predicted octanol–water partition coefficient (Wildman–Crippen LogP) is 4.48. The van der Waals surface area contributed by atoms with Gasteiger partial charge in [0.2, 0.25) is 0 Å². The molecule has 0 aliphatic carbocycles.